The summed E-state index contributed by atoms with van der Waals surface area (Å²) in [6.07, 6.45) is 5.65. The molecule has 3 heteroatoms. The third kappa shape index (κ3) is 4.97. The molecule has 0 unspecified atom stereocenters. The Bertz CT molecular complexity index is 208. The number of carbonyl (C=O) groups is 1. The van der Waals surface area contributed by atoms with Crippen LogP contribution >= 0.6 is 0 Å². The van der Waals surface area contributed by atoms with Gasteiger partial charge in [0, 0.05) is 12.5 Å². The molecule has 94 valence electrons. The van der Waals surface area contributed by atoms with E-state index in [1.54, 1.807) is 0 Å². The minimum absolute atomic E-state index is 0.283. The quantitative estimate of drug-likeness (QED) is 0.726. The zero-order valence-corrected chi connectivity index (χ0v) is 11.0. The van der Waals surface area contributed by atoms with Crippen molar-refractivity contribution in [2.45, 2.75) is 39.0 Å². The predicted octanol–water partition coefficient (Wildman–Crippen LogP) is 1.88. The molecule has 0 saturated heterocycles. The van der Waals surface area contributed by atoms with Gasteiger partial charge in [-0.1, -0.05) is 6.92 Å². The van der Waals surface area contributed by atoms with Gasteiger partial charge < -0.3 is 10.2 Å². The molecule has 0 aliphatic heterocycles. The van der Waals surface area contributed by atoms with Crippen LogP contribution in [0.5, 0.6) is 0 Å². The van der Waals surface area contributed by atoms with E-state index in [1.165, 1.54) is 12.8 Å². The molecule has 1 rings (SSSR count). The average Bonchev–Trinajstić information content (AvgIpc) is 2.25. The van der Waals surface area contributed by atoms with Crippen molar-refractivity contribution in [3.8, 4) is 0 Å². The van der Waals surface area contributed by atoms with Gasteiger partial charge in [0.25, 0.3) is 0 Å². The summed E-state index contributed by atoms with van der Waals surface area (Å²) in [5.41, 5.74) is 0. The van der Waals surface area contributed by atoms with E-state index < -0.39 is 0 Å². The lowest BCUT2D eigenvalue weighted by Crippen LogP contribution is -2.34. The number of rotatable bonds is 5. The first-order chi connectivity index (χ1) is 7.59. The SMILES string of the molecule is CC1CCC(C(=O)NCCCN(C)C)CC1. The van der Waals surface area contributed by atoms with E-state index in [4.69, 9.17) is 0 Å². The zero-order valence-electron chi connectivity index (χ0n) is 11.0. The zero-order chi connectivity index (χ0) is 12.0. The summed E-state index contributed by atoms with van der Waals surface area (Å²) in [5.74, 6) is 1.39. The van der Waals surface area contributed by atoms with Gasteiger partial charge in [-0.2, -0.15) is 0 Å². The molecule has 1 saturated carbocycles. The minimum atomic E-state index is 0.283. The molecule has 0 aromatic heterocycles. The lowest BCUT2D eigenvalue weighted by molar-refractivity contribution is -0.126. The van der Waals surface area contributed by atoms with E-state index in [-0.39, 0.29) is 11.8 Å². The average molecular weight is 226 g/mol. The highest BCUT2D eigenvalue weighted by molar-refractivity contribution is 5.78. The van der Waals surface area contributed by atoms with Gasteiger partial charge in [0.05, 0.1) is 0 Å². The van der Waals surface area contributed by atoms with Crippen LogP contribution in [0, 0.1) is 11.8 Å². The smallest absolute Gasteiger partial charge is 0.223 e. The van der Waals surface area contributed by atoms with E-state index in [9.17, 15) is 4.79 Å². The summed E-state index contributed by atoms with van der Waals surface area (Å²) in [6, 6.07) is 0. The fourth-order valence-electron chi connectivity index (χ4n) is 2.27. The van der Waals surface area contributed by atoms with Gasteiger partial charge in [-0.25, -0.2) is 0 Å². The molecule has 0 heterocycles. The maximum absolute atomic E-state index is 11.8. The number of hydrogen-bond acceptors (Lipinski definition) is 2. The van der Waals surface area contributed by atoms with Crippen LogP contribution in [0.3, 0.4) is 0 Å². The second-order valence-corrected chi connectivity index (χ2v) is 5.40. The van der Waals surface area contributed by atoms with Gasteiger partial charge in [0.15, 0.2) is 0 Å². The molecule has 1 fully saturated rings. The normalized spacial score (nSPS) is 25.8. The molecule has 0 radical (unpaired) electrons. The Morgan fingerprint density at radius 3 is 2.44 bits per heavy atom. The van der Waals surface area contributed by atoms with Crippen LogP contribution in [0.25, 0.3) is 0 Å². The summed E-state index contributed by atoms with van der Waals surface area (Å²) < 4.78 is 0. The fourth-order valence-corrected chi connectivity index (χ4v) is 2.27. The Hall–Kier alpha value is -0.570. The molecule has 0 aromatic carbocycles. The van der Waals surface area contributed by atoms with E-state index in [1.807, 2.05) is 0 Å². The largest absolute Gasteiger partial charge is 0.356 e. The van der Waals surface area contributed by atoms with Crippen molar-refractivity contribution in [2.24, 2.45) is 11.8 Å². The van der Waals surface area contributed by atoms with Gasteiger partial charge in [-0.05, 0) is 58.7 Å². The van der Waals surface area contributed by atoms with Gasteiger partial charge in [0.1, 0.15) is 0 Å². The van der Waals surface area contributed by atoms with Crippen molar-refractivity contribution in [3.05, 3.63) is 0 Å². The molecule has 16 heavy (non-hydrogen) atoms. The molecule has 1 aliphatic carbocycles. The van der Waals surface area contributed by atoms with Crippen LogP contribution in [0.4, 0.5) is 0 Å². The molecule has 1 amide bonds. The van der Waals surface area contributed by atoms with Crippen molar-refractivity contribution < 1.29 is 4.79 Å². The van der Waals surface area contributed by atoms with Crippen molar-refractivity contribution in [1.82, 2.24) is 10.2 Å². The first kappa shape index (κ1) is 13.5. The van der Waals surface area contributed by atoms with Crippen LogP contribution in [0.2, 0.25) is 0 Å². The van der Waals surface area contributed by atoms with E-state index in [0.29, 0.717) is 0 Å². The Morgan fingerprint density at radius 1 is 1.25 bits per heavy atom. The van der Waals surface area contributed by atoms with Crippen LogP contribution in [0.1, 0.15) is 39.0 Å². The Balaban J connectivity index is 2.10. The summed E-state index contributed by atoms with van der Waals surface area (Å²) in [4.78, 5) is 14.0. The molecule has 1 N–H and O–H groups in total. The lowest BCUT2D eigenvalue weighted by Gasteiger charge is -2.25. The molecule has 3 nitrogen and oxygen atoms in total. The summed E-state index contributed by atoms with van der Waals surface area (Å²) in [5, 5.41) is 3.06. The first-order valence-electron chi connectivity index (χ1n) is 6.52. The topological polar surface area (TPSA) is 32.3 Å². The molecular formula is C13H26N2O. The number of nitrogens with zero attached hydrogens (tertiary/aromatic N) is 1. The molecule has 0 aromatic rings. The standard InChI is InChI=1S/C13H26N2O/c1-11-5-7-12(8-6-11)13(16)14-9-4-10-15(2)3/h11-12H,4-10H2,1-3H3,(H,14,16). The van der Waals surface area contributed by atoms with Gasteiger partial charge in [-0.3, -0.25) is 4.79 Å². The van der Waals surface area contributed by atoms with Gasteiger partial charge in [-0.15, -0.1) is 0 Å². The summed E-state index contributed by atoms with van der Waals surface area (Å²) in [6.45, 7) is 4.15. The molecule has 0 atom stereocenters. The minimum Gasteiger partial charge on any atom is -0.356 e. The van der Waals surface area contributed by atoms with Gasteiger partial charge >= 0.3 is 0 Å². The highest BCUT2D eigenvalue weighted by Gasteiger charge is 2.23. The Labute approximate surface area is 99.6 Å². The molecular weight excluding hydrogens is 200 g/mol. The van der Waals surface area contributed by atoms with E-state index in [2.05, 4.69) is 31.2 Å². The van der Waals surface area contributed by atoms with Crippen molar-refractivity contribution in [2.75, 3.05) is 27.2 Å². The van der Waals surface area contributed by atoms with Crippen molar-refractivity contribution >= 4 is 5.91 Å². The predicted molar refractivity (Wildman–Crippen MR) is 67.3 cm³/mol. The molecule has 0 bridgehead atoms. The van der Waals surface area contributed by atoms with Crippen LogP contribution in [-0.2, 0) is 4.79 Å². The number of carbonyl (C=O) groups excluding carboxylic acids is 1. The van der Waals surface area contributed by atoms with Crippen LogP contribution < -0.4 is 5.32 Å². The Morgan fingerprint density at radius 2 is 1.88 bits per heavy atom. The van der Waals surface area contributed by atoms with Crippen molar-refractivity contribution in [1.29, 1.82) is 0 Å². The third-order valence-corrected chi connectivity index (χ3v) is 3.47. The summed E-state index contributed by atoms with van der Waals surface area (Å²) in [7, 11) is 4.12. The monoisotopic (exact) mass is 226 g/mol. The molecule has 1 aliphatic rings. The van der Waals surface area contributed by atoms with Crippen LogP contribution in [0.15, 0.2) is 0 Å². The highest BCUT2D eigenvalue weighted by Crippen LogP contribution is 2.28. The fraction of sp³-hybridized carbons (Fsp3) is 0.923. The first-order valence-corrected chi connectivity index (χ1v) is 6.52. The third-order valence-electron chi connectivity index (χ3n) is 3.47. The van der Waals surface area contributed by atoms with Crippen molar-refractivity contribution in [3.63, 3.8) is 0 Å². The number of amides is 1. The lowest BCUT2D eigenvalue weighted by atomic mass is 9.82. The molecule has 0 spiro atoms. The second-order valence-electron chi connectivity index (χ2n) is 5.40. The highest BCUT2D eigenvalue weighted by atomic mass is 16.1. The van der Waals surface area contributed by atoms with Gasteiger partial charge in [0.2, 0.25) is 5.91 Å². The summed E-state index contributed by atoms with van der Waals surface area (Å²) >= 11 is 0. The number of nitrogens with one attached hydrogen (secondary N) is 1. The maximum Gasteiger partial charge on any atom is 0.223 e. The van der Waals surface area contributed by atoms with E-state index in [0.717, 1.165) is 38.3 Å². The maximum atomic E-state index is 11.8. The van der Waals surface area contributed by atoms with E-state index >= 15 is 0 Å². The van der Waals surface area contributed by atoms with Crippen LogP contribution in [-0.4, -0.2) is 38.0 Å². The Kier molecular flexibility index (Phi) is 5.81. The second kappa shape index (κ2) is 6.89. The number of hydrogen-bond donors (Lipinski definition) is 1.